The van der Waals surface area contributed by atoms with Gasteiger partial charge in [0.15, 0.2) is 5.96 Å². The van der Waals surface area contributed by atoms with Crippen LogP contribution in [-0.2, 0) is 17.9 Å². The third kappa shape index (κ3) is 8.41. The minimum atomic E-state index is -4.32. The Kier molecular flexibility index (Phi) is 10.4. The van der Waals surface area contributed by atoms with Crippen LogP contribution >= 0.6 is 24.0 Å². The fraction of sp³-hybridized carbons (Fsp3) is 0.476. The summed E-state index contributed by atoms with van der Waals surface area (Å²) in [7, 11) is 0. The Morgan fingerprint density at radius 3 is 2.44 bits per heavy atom. The molecule has 0 amide bonds. The van der Waals surface area contributed by atoms with Gasteiger partial charge < -0.3 is 19.9 Å². The van der Waals surface area contributed by atoms with E-state index in [0.717, 1.165) is 50.2 Å². The van der Waals surface area contributed by atoms with Crippen molar-refractivity contribution in [1.29, 1.82) is 0 Å². The second-order valence-corrected chi connectivity index (χ2v) is 7.12. The largest absolute Gasteiger partial charge is 0.411 e. The summed E-state index contributed by atoms with van der Waals surface area (Å²) in [6, 6.07) is 9.09. The third-order valence-corrected chi connectivity index (χ3v) is 4.69. The van der Waals surface area contributed by atoms with Gasteiger partial charge >= 0.3 is 6.18 Å². The van der Waals surface area contributed by atoms with Gasteiger partial charge in [0.25, 0.3) is 0 Å². The number of nitrogens with zero attached hydrogens (tertiary/aromatic N) is 5. The molecule has 32 heavy (non-hydrogen) atoms. The van der Waals surface area contributed by atoms with Crippen LogP contribution < -0.4 is 10.2 Å². The Bertz CT molecular complexity index is 845. The van der Waals surface area contributed by atoms with Gasteiger partial charge in [0.2, 0.25) is 5.95 Å². The molecule has 3 rings (SSSR count). The first-order valence-electron chi connectivity index (χ1n) is 10.2. The SMILES string of the molecule is CCNC(=NCc1cccc(COCC(F)(F)F)c1)N1CCN(c2ncccn2)CC1.I. The van der Waals surface area contributed by atoms with E-state index in [1.807, 2.05) is 25.1 Å². The van der Waals surface area contributed by atoms with Crippen LogP contribution in [0.4, 0.5) is 19.1 Å². The summed E-state index contributed by atoms with van der Waals surface area (Å²) >= 11 is 0. The number of alkyl halides is 3. The van der Waals surface area contributed by atoms with Gasteiger partial charge in [-0.1, -0.05) is 24.3 Å². The first-order chi connectivity index (χ1) is 14.9. The monoisotopic (exact) mass is 564 g/mol. The number of anilines is 1. The van der Waals surface area contributed by atoms with E-state index in [0.29, 0.717) is 12.1 Å². The fourth-order valence-corrected chi connectivity index (χ4v) is 3.27. The normalized spacial score (nSPS) is 14.8. The van der Waals surface area contributed by atoms with Gasteiger partial charge in [-0.2, -0.15) is 13.2 Å². The molecule has 1 aromatic heterocycles. The summed E-state index contributed by atoms with van der Waals surface area (Å²) in [6.45, 7) is 5.01. The van der Waals surface area contributed by atoms with E-state index in [1.54, 1.807) is 24.5 Å². The van der Waals surface area contributed by atoms with Crippen LogP contribution in [-0.4, -0.2) is 66.3 Å². The quantitative estimate of drug-likeness (QED) is 0.316. The van der Waals surface area contributed by atoms with E-state index in [9.17, 15) is 13.2 Å². The molecule has 2 heterocycles. The van der Waals surface area contributed by atoms with E-state index in [2.05, 4.69) is 25.1 Å². The van der Waals surface area contributed by atoms with Gasteiger partial charge in [-0.3, -0.25) is 0 Å². The topological polar surface area (TPSA) is 65.9 Å². The molecule has 0 radical (unpaired) electrons. The second kappa shape index (κ2) is 12.8. The molecule has 7 nitrogen and oxygen atoms in total. The highest BCUT2D eigenvalue weighted by Gasteiger charge is 2.27. The Morgan fingerprint density at radius 2 is 1.78 bits per heavy atom. The zero-order chi connectivity index (χ0) is 22.1. The van der Waals surface area contributed by atoms with Crippen molar-refractivity contribution in [1.82, 2.24) is 20.2 Å². The summed E-state index contributed by atoms with van der Waals surface area (Å²) in [5.74, 6) is 1.54. The minimum Gasteiger partial charge on any atom is -0.367 e. The standard InChI is InChI=1S/C21H27F3N6O.HI/c1-2-25-19(29-9-11-30(12-10-29)20-26-7-4-8-27-20)28-14-17-5-3-6-18(13-17)15-31-16-21(22,23)24;/h3-8,13H,2,9-12,14-16H2,1H3,(H,25,28);1H. The molecule has 0 aliphatic carbocycles. The van der Waals surface area contributed by atoms with E-state index in [4.69, 9.17) is 9.73 Å². The lowest BCUT2D eigenvalue weighted by atomic mass is 10.1. The summed E-state index contributed by atoms with van der Waals surface area (Å²) < 4.78 is 41.5. The maximum absolute atomic E-state index is 12.3. The third-order valence-electron chi connectivity index (χ3n) is 4.69. The number of nitrogens with one attached hydrogen (secondary N) is 1. The average Bonchev–Trinajstić information content (AvgIpc) is 2.77. The van der Waals surface area contributed by atoms with Crippen LogP contribution in [0.15, 0.2) is 47.7 Å². The van der Waals surface area contributed by atoms with Crippen LogP contribution in [0.3, 0.4) is 0 Å². The molecule has 0 unspecified atom stereocenters. The van der Waals surface area contributed by atoms with Crippen molar-refractivity contribution in [2.45, 2.75) is 26.3 Å². The first kappa shape index (κ1) is 26.1. The summed E-state index contributed by atoms with van der Waals surface area (Å²) in [6.07, 6.45) is -0.843. The second-order valence-electron chi connectivity index (χ2n) is 7.12. The number of hydrogen-bond acceptors (Lipinski definition) is 5. The van der Waals surface area contributed by atoms with Crippen molar-refractivity contribution in [2.75, 3.05) is 44.2 Å². The van der Waals surface area contributed by atoms with Gasteiger partial charge in [-0.25, -0.2) is 15.0 Å². The summed E-state index contributed by atoms with van der Waals surface area (Å²) in [5.41, 5.74) is 1.61. The Balaban J connectivity index is 0.00000363. The van der Waals surface area contributed by atoms with Crippen molar-refractivity contribution in [3.8, 4) is 0 Å². The predicted molar refractivity (Wildman–Crippen MR) is 128 cm³/mol. The first-order valence-corrected chi connectivity index (χ1v) is 10.2. The molecule has 1 aliphatic rings. The van der Waals surface area contributed by atoms with Gasteiger partial charge in [0.1, 0.15) is 6.61 Å². The molecule has 0 atom stereocenters. The van der Waals surface area contributed by atoms with Gasteiger partial charge in [-0.05, 0) is 24.1 Å². The maximum Gasteiger partial charge on any atom is 0.411 e. The van der Waals surface area contributed by atoms with E-state index in [1.165, 1.54) is 0 Å². The molecule has 1 aromatic carbocycles. The Hall–Kier alpha value is -2.15. The highest BCUT2D eigenvalue weighted by atomic mass is 127. The smallest absolute Gasteiger partial charge is 0.367 e. The zero-order valence-electron chi connectivity index (χ0n) is 17.9. The number of benzene rings is 1. The number of guanidine groups is 1. The lowest BCUT2D eigenvalue weighted by Crippen LogP contribution is -2.52. The van der Waals surface area contributed by atoms with Crippen molar-refractivity contribution in [3.63, 3.8) is 0 Å². The Morgan fingerprint density at radius 1 is 1.09 bits per heavy atom. The number of piperazine rings is 1. The predicted octanol–water partition coefficient (Wildman–Crippen LogP) is 3.46. The van der Waals surface area contributed by atoms with Gasteiger partial charge in [-0.15, -0.1) is 24.0 Å². The molecular formula is C21H28F3IN6O. The van der Waals surface area contributed by atoms with Crippen LogP contribution in [0.5, 0.6) is 0 Å². The molecule has 0 saturated carbocycles. The summed E-state index contributed by atoms with van der Waals surface area (Å²) in [4.78, 5) is 17.7. The lowest BCUT2D eigenvalue weighted by molar-refractivity contribution is -0.176. The lowest BCUT2D eigenvalue weighted by Gasteiger charge is -2.36. The summed E-state index contributed by atoms with van der Waals surface area (Å²) in [5, 5.41) is 3.32. The van der Waals surface area contributed by atoms with Crippen molar-refractivity contribution >= 4 is 35.9 Å². The van der Waals surface area contributed by atoms with Crippen LogP contribution in [0.25, 0.3) is 0 Å². The van der Waals surface area contributed by atoms with Gasteiger partial charge in [0.05, 0.1) is 13.2 Å². The van der Waals surface area contributed by atoms with Crippen LogP contribution in [0.1, 0.15) is 18.1 Å². The van der Waals surface area contributed by atoms with Crippen molar-refractivity contribution in [3.05, 3.63) is 53.9 Å². The van der Waals surface area contributed by atoms with E-state index >= 15 is 0 Å². The number of rotatable bonds is 7. The molecule has 11 heteroatoms. The molecule has 1 N–H and O–H groups in total. The molecule has 2 aromatic rings. The molecule has 1 aliphatic heterocycles. The number of aromatic nitrogens is 2. The highest BCUT2D eigenvalue weighted by Crippen LogP contribution is 2.16. The average molecular weight is 564 g/mol. The maximum atomic E-state index is 12.3. The number of hydrogen-bond donors (Lipinski definition) is 1. The number of halogens is 4. The molecule has 176 valence electrons. The number of aliphatic imine (C=N–C) groups is 1. The Labute approximate surface area is 203 Å². The van der Waals surface area contributed by atoms with Crippen molar-refractivity contribution in [2.24, 2.45) is 4.99 Å². The zero-order valence-corrected chi connectivity index (χ0v) is 20.2. The highest BCUT2D eigenvalue weighted by molar-refractivity contribution is 14.0. The molecule has 1 saturated heterocycles. The van der Waals surface area contributed by atoms with E-state index < -0.39 is 12.8 Å². The molecule has 0 bridgehead atoms. The molecular weight excluding hydrogens is 536 g/mol. The minimum absolute atomic E-state index is 0. The van der Waals surface area contributed by atoms with Crippen LogP contribution in [0.2, 0.25) is 0 Å². The fourth-order valence-electron chi connectivity index (χ4n) is 3.27. The van der Waals surface area contributed by atoms with E-state index in [-0.39, 0.29) is 30.6 Å². The van der Waals surface area contributed by atoms with Crippen LogP contribution in [0, 0.1) is 0 Å². The molecule has 1 fully saturated rings. The van der Waals surface area contributed by atoms with Crippen molar-refractivity contribution < 1.29 is 17.9 Å². The number of ether oxygens (including phenoxy) is 1. The molecule has 0 spiro atoms. The van der Waals surface area contributed by atoms with Gasteiger partial charge in [0, 0.05) is 45.1 Å².